The van der Waals surface area contributed by atoms with E-state index in [0.717, 1.165) is 22.2 Å². The van der Waals surface area contributed by atoms with Gasteiger partial charge in [0.15, 0.2) is 5.16 Å². The molecule has 0 radical (unpaired) electrons. The van der Waals surface area contributed by atoms with E-state index in [1.54, 1.807) is 25.4 Å². The Bertz CT molecular complexity index is 909. The van der Waals surface area contributed by atoms with E-state index in [9.17, 15) is 4.79 Å². The Morgan fingerprint density at radius 2 is 1.96 bits per heavy atom. The Morgan fingerprint density at radius 3 is 2.65 bits per heavy atom. The molecule has 0 atom stereocenters. The number of ether oxygens (including phenoxy) is 1. The fourth-order valence-corrected chi connectivity index (χ4v) is 3.37. The zero-order valence-corrected chi connectivity index (χ0v) is 16.0. The number of imidazole rings is 1. The summed E-state index contributed by atoms with van der Waals surface area (Å²) in [5.41, 5.74) is 2.62. The summed E-state index contributed by atoms with van der Waals surface area (Å²) in [5.74, 6) is 0.928. The van der Waals surface area contributed by atoms with Gasteiger partial charge in [-0.2, -0.15) is 0 Å². The van der Waals surface area contributed by atoms with Crippen molar-refractivity contribution in [1.29, 1.82) is 0 Å². The van der Waals surface area contributed by atoms with Gasteiger partial charge in [0.25, 0.3) is 0 Å². The number of hydrogen-bond acceptors (Lipinski definition) is 4. The number of halogens is 1. The Balaban J connectivity index is 1.64. The predicted octanol–water partition coefficient (Wildman–Crippen LogP) is 4.48. The molecule has 134 valence electrons. The van der Waals surface area contributed by atoms with E-state index in [1.165, 1.54) is 11.8 Å². The number of nitrogens with one attached hydrogen (secondary N) is 1. The second kappa shape index (κ2) is 8.29. The number of benzene rings is 2. The van der Waals surface area contributed by atoms with E-state index >= 15 is 0 Å². The zero-order valence-electron chi connectivity index (χ0n) is 14.4. The molecule has 7 heteroatoms. The number of aromatic nitrogens is 2. The molecule has 0 aliphatic rings. The van der Waals surface area contributed by atoms with Crippen LogP contribution in [0.5, 0.6) is 5.75 Å². The van der Waals surface area contributed by atoms with Crippen LogP contribution in [-0.4, -0.2) is 28.3 Å². The third kappa shape index (κ3) is 4.20. The van der Waals surface area contributed by atoms with Gasteiger partial charge in [0, 0.05) is 12.6 Å². The molecule has 0 aliphatic carbocycles. The van der Waals surface area contributed by atoms with Crippen LogP contribution in [0.25, 0.3) is 11.3 Å². The van der Waals surface area contributed by atoms with Crippen LogP contribution in [0.15, 0.2) is 59.9 Å². The second-order valence-corrected chi connectivity index (χ2v) is 6.88. The summed E-state index contributed by atoms with van der Waals surface area (Å²) in [7, 11) is 3.57. The average molecular weight is 388 g/mol. The molecule has 1 aromatic heterocycles. The molecule has 2 aromatic carbocycles. The molecule has 5 nitrogen and oxygen atoms in total. The molecule has 1 amide bonds. The lowest BCUT2D eigenvalue weighted by atomic mass is 10.1. The van der Waals surface area contributed by atoms with E-state index in [2.05, 4.69) is 10.3 Å². The van der Waals surface area contributed by atoms with Crippen molar-refractivity contribution in [3.63, 3.8) is 0 Å². The van der Waals surface area contributed by atoms with Crippen molar-refractivity contribution in [2.45, 2.75) is 5.16 Å². The molecule has 0 saturated heterocycles. The lowest BCUT2D eigenvalue weighted by Crippen LogP contribution is -2.14. The number of methoxy groups -OCH3 is 1. The Morgan fingerprint density at radius 1 is 1.23 bits per heavy atom. The smallest absolute Gasteiger partial charge is 0.234 e. The van der Waals surface area contributed by atoms with Crippen LogP contribution in [0.2, 0.25) is 5.02 Å². The molecule has 3 rings (SSSR count). The highest BCUT2D eigenvalue weighted by Gasteiger charge is 2.12. The molecular formula is C19H18ClN3O2S. The molecule has 0 unspecified atom stereocenters. The maximum absolute atomic E-state index is 12.2. The summed E-state index contributed by atoms with van der Waals surface area (Å²) in [6.07, 6.45) is 1.80. The number of rotatable bonds is 6. The molecule has 26 heavy (non-hydrogen) atoms. The third-order valence-corrected chi connectivity index (χ3v) is 5.19. The number of carbonyl (C=O) groups is 1. The highest BCUT2D eigenvalue weighted by atomic mass is 35.5. The largest absolute Gasteiger partial charge is 0.497 e. The number of thioether (sulfide) groups is 1. The summed E-state index contributed by atoms with van der Waals surface area (Å²) in [6.45, 7) is 0. The average Bonchev–Trinajstić information content (AvgIpc) is 3.02. The van der Waals surface area contributed by atoms with E-state index in [0.29, 0.717) is 10.7 Å². The predicted molar refractivity (Wildman–Crippen MR) is 106 cm³/mol. The molecule has 3 aromatic rings. The molecule has 0 bridgehead atoms. The molecule has 0 fully saturated rings. The summed E-state index contributed by atoms with van der Waals surface area (Å²) in [5, 5.41) is 4.10. The molecule has 1 N–H and O–H groups in total. The number of carbonyl (C=O) groups excluding carboxylic acids is 1. The Labute approximate surface area is 161 Å². The first kappa shape index (κ1) is 18.4. The van der Waals surface area contributed by atoms with Crippen molar-refractivity contribution in [3.8, 4) is 17.0 Å². The fraction of sp³-hybridized carbons (Fsp3) is 0.158. The SMILES string of the molecule is COc1ccc(-c2cnc(SCC(=O)Nc3ccccc3Cl)n2C)cc1. The maximum Gasteiger partial charge on any atom is 0.234 e. The van der Waals surface area contributed by atoms with Crippen LogP contribution in [0.4, 0.5) is 5.69 Å². The van der Waals surface area contributed by atoms with Gasteiger partial charge in [-0.05, 0) is 36.4 Å². The highest BCUT2D eigenvalue weighted by molar-refractivity contribution is 7.99. The van der Waals surface area contributed by atoms with Gasteiger partial charge in [0.2, 0.25) is 5.91 Å². The number of nitrogens with zero attached hydrogens (tertiary/aromatic N) is 2. The third-order valence-electron chi connectivity index (χ3n) is 3.81. The van der Waals surface area contributed by atoms with Gasteiger partial charge in [0.1, 0.15) is 5.75 Å². The van der Waals surface area contributed by atoms with Crippen molar-refractivity contribution in [2.24, 2.45) is 7.05 Å². The molecule has 0 spiro atoms. The topological polar surface area (TPSA) is 56.1 Å². The van der Waals surface area contributed by atoms with Crippen LogP contribution >= 0.6 is 23.4 Å². The van der Waals surface area contributed by atoms with Gasteiger partial charge in [-0.3, -0.25) is 4.79 Å². The molecule has 0 saturated carbocycles. The molecule has 0 aliphatic heterocycles. The first-order valence-corrected chi connectivity index (χ1v) is 9.28. The highest BCUT2D eigenvalue weighted by Crippen LogP contribution is 2.27. The quantitative estimate of drug-likeness (QED) is 0.633. The standard InChI is InChI=1S/C19H18ClN3O2S/c1-23-17(13-7-9-14(25-2)10-8-13)11-21-19(23)26-12-18(24)22-16-6-4-3-5-15(16)20/h3-11H,12H2,1-2H3,(H,22,24). The van der Waals surface area contributed by atoms with Crippen LogP contribution in [-0.2, 0) is 11.8 Å². The summed E-state index contributed by atoms with van der Waals surface area (Å²) < 4.78 is 7.15. The van der Waals surface area contributed by atoms with Crippen molar-refractivity contribution in [3.05, 3.63) is 59.8 Å². The van der Waals surface area contributed by atoms with Gasteiger partial charge < -0.3 is 14.6 Å². The summed E-state index contributed by atoms with van der Waals surface area (Å²) in [4.78, 5) is 16.6. The summed E-state index contributed by atoms with van der Waals surface area (Å²) in [6, 6.07) is 14.9. The van der Waals surface area contributed by atoms with Crippen LogP contribution < -0.4 is 10.1 Å². The monoisotopic (exact) mass is 387 g/mol. The van der Waals surface area contributed by atoms with Gasteiger partial charge in [-0.25, -0.2) is 4.98 Å². The summed E-state index contributed by atoms with van der Waals surface area (Å²) >= 11 is 7.43. The van der Waals surface area contributed by atoms with E-state index in [1.807, 2.05) is 48.0 Å². The van der Waals surface area contributed by atoms with Crippen molar-refractivity contribution < 1.29 is 9.53 Å². The second-order valence-electron chi connectivity index (χ2n) is 5.53. The number of anilines is 1. The van der Waals surface area contributed by atoms with Crippen LogP contribution in [0, 0.1) is 0 Å². The van der Waals surface area contributed by atoms with Gasteiger partial charge in [-0.15, -0.1) is 0 Å². The van der Waals surface area contributed by atoms with Crippen molar-refractivity contribution >= 4 is 35.0 Å². The van der Waals surface area contributed by atoms with Crippen LogP contribution in [0.3, 0.4) is 0 Å². The van der Waals surface area contributed by atoms with E-state index in [4.69, 9.17) is 16.3 Å². The van der Waals surface area contributed by atoms with Crippen molar-refractivity contribution in [2.75, 3.05) is 18.2 Å². The maximum atomic E-state index is 12.2. The van der Waals surface area contributed by atoms with E-state index < -0.39 is 0 Å². The molecule has 1 heterocycles. The van der Waals surface area contributed by atoms with Crippen LogP contribution in [0.1, 0.15) is 0 Å². The fourth-order valence-electron chi connectivity index (χ4n) is 2.44. The number of para-hydroxylation sites is 1. The minimum atomic E-state index is -0.128. The zero-order chi connectivity index (χ0) is 18.5. The minimum absolute atomic E-state index is 0.128. The first-order chi connectivity index (χ1) is 12.6. The Hall–Kier alpha value is -2.44. The first-order valence-electron chi connectivity index (χ1n) is 7.92. The van der Waals surface area contributed by atoms with E-state index in [-0.39, 0.29) is 11.7 Å². The minimum Gasteiger partial charge on any atom is -0.497 e. The van der Waals surface area contributed by atoms with Gasteiger partial charge in [0.05, 0.1) is 35.5 Å². The molecular weight excluding hydrogens is 370 g/mol. The number of hydrogen-bond donors (Lipinski definition) is 1. The lowest BCUT2D eigenvalue weighted by molar-refractivity contribution is -0.113. The van der Waals surface area contributed by atoms with Crippen molar-refractivity contribution in [1.82, 2.24) is 9.55 Å². The lowest BCUT2D eigenvalue weighted by Gasteiger charge is -2.08. The number of amides is 1. The normalized spacial score (nSPS) is 10.6. The van der Waals surface area contributed by atoms with Gasteiger partial charge >= 0.3 is 0 Å². The van der Waals surface area contributed by atoms with Gasteiger partial charge in [-0.1, -0.05) is 35.5 Å². The Kier molecular flexibility index (Phi) is 5.85.